The Labute approximate surface area is 130 Å². The van der Waals surface area contributed by atoms with Crippen LogP contribution in [0.15, 0.2) is 16.7 Å². The van der Waals surface area contributed by atoms with Crippen molar-refractivity contribution in [3.05, 3.63) is 21.8 Å². The second-order valence-corrected chi connectivity index (χ2v) is 6.32. The van der Waals surface area contributed by atoms with Crippen LogP contribution in [-0.4, -0.2) is 42.7 Å². The number of morpholine rings is 1. The van der Waals surface area contributed by atoms with Gasteiger partial charge in [0.25, 0.3) is 0 Å². The van der Waals surface area contributed by atoms with Crippen LogP contribution >= 0.6 is 27.5 Å². The van der Waals surface area contributed by atoms with E-state index in [0.717, 1.165) is 23.1 Å². The molecule has 1 aromatic heterocycles. The molecule has 0 spiro atoms. The van der Waals surface area contributed by atoms with Gasteiger partial charge in [-0.05, 0) is 34.8 Å². The van der Waals surface area contributed by atoms with Crippen molar-refractivity contribution >= 4 is 39.3 Å². The van der Waals surface area contributed by atoms with Gasteiger partial charge in [0, 0.05) is 18.8 Å². The van der Waals surface area contributed by atoms with Gasteiger partial charge in [-0.2, -0.15) is 0 Å². The maximum atomic E-state index is 12.3. The summed E-state index contributed by atoms with van der Waals surface area (Å²) in [5, 5.41) is 3.59. The number of nitrogens with one attached hydrogen (secondary N) is 1. The van der Waals surface area contributed by atoms with Crippen LogP contribution in [0.3, 0.4) is 0 Å². The van der Waals surface area contributed by atoms with Crippen molar-refractivity contribution in [2.45, 2.75) is 24.9 Å². The molecule has 1 saturated carbocycles. The highest BCUT2D eigenvalue weighted by atomic mass is 79.9. The maximum Gasteiger partial charge on any atom is 0.245 e. The minimum absolute atomic E-state index is 0.0100. The third kappa shape index (κ3) is 3.07. The number of halogens is 2. The number of amides is 1. The lowest BCUT2D eigenvalue weighted by atomic mass is 10.2. The predicted octanol–water partition coefficient (Wildman–Crippen LogP) is 1.98. The van der Waals surface area contributed by atoms with Crippen molar-refractivity contribution in [2.75, 3.05) is 24.7 Å². The minimum Gasteiger partial charge on any atom is -0.377 e. The van der Waals surface area contributed by atoms with Crippen molar-refractivity contribution in [3.63, 3.8) is 0 Å². The molecule has 2 fully saturated rings. The molecule has 2 aliphatic rings. The summed E-state index contributed by atoms with van der Waals surface area (Å²) in [7, 11) is 0. The molecular weight excluding hydrogens is 346 g/mol. The van der Waals surface area contributed by atoms with Crippen LogP contribution in [0.1, 0.15) is 12.8 Å². The van der Waals surface area contributed by atoms with Crippen LogP contribution in [0, 0.1) is 0 Å². The van der Waals surface area contributed by atoms with Gasteiger partial charge in [0.2, 0.25) is 5.91 Å². The first-order valence-electron chi connectivity index (χ1n) is 6.61. The molecule has 108 valence electrons. The Balaban J connectivity index is 1.81. The monoisotopic (exact) mass is 359 g/mol. The molecule has 1 unspecified atom stereocenters. The number of hydrogen-bond donors (Lipinski definition) is 1. The summed E-state index contributed by atoms with van der Waals surface area (Å²) in [6.45, 7) is 1.61. The highest BCUT2D eigenvalue weighted by molar-refractivity contribution is 9.10. The molecular formula is C13H15BrClN3O2. The first kappa shape index (κ1) is 14.1. The smallest absolute Gasteiger partial charge is 0.245 e. The Kier molecular flexibility index (Phi) is 4.14. The van der Waals surface area contributed by atoms with Crippen LogP contribution < -0.4 is 10.2 Å². The molecule has 1 aliphatic carbocycles. The predicted molar refractivity (Wildman–Crippen MR) is 80.1 cm³/mol. The van der Waals surface area contributed by atoms with Gasteiger partial charge in [-0.3, -0.25) is 4.79 Å². The quantitative estimate of drug-likeness (QED) is 0.895. The number of carbonyl (C=O) groups is 1. The molecule has 3 rings (SSSR count). The van der Waals surface area contributed by atoms with Crippen molar-refractivity contribution in [1.29, 1.82) is 0 Å². The fourth-order valence-electron chi connectivity index (χ4n) is 2.22. The summed E-state index contributed by atoms with van der Waals surface area (Å²) >= 11 is 9.38. The Hall–Kier alpha value is -0.850. The standard InChI is InChI=1S/C13H15BrClN3O2/c14-10-5-8(15)6-16-12(10)18-3-4-20-7-11(18)13(19)17-9-1-2-9/h5-6,9,11H,1-4,7H2,(H,17,19). The number of pyridine rings is 1. The third-order valence-electron chi connectivity index (χ3n) is 3.42. The van der Waals surface area contributed by atoms with E-state index in [-0.39, 0.29) is 11.9 Å². The van der Waals surface area contributed by atoms with E-state index in [1.165, 1.54) is 0 Å². The van der Waals surface area contributed by atoms with E-state index in [0.29, 0.717) is 30.8 Å². The third-order valence-corrected chi connectivity index (χ3v) is 4.21. The van der Waals surface area contributed by atoms with E-state index in [2.05, 4.69) is 26.2 Å². The number of hydrogen-bond acceptors (Lipinski definition) is 4. The fourth-order valence-corrected chi connectivity index (χ4v) is 3.08. The van der Waals surface area contributed by atoms with Gasteiger partial charge >= 0.3 is 0 Å². The normalized spacial score (nSPS) is 22.7. The molecule has 1 aliphatic heterocycles. The number of ether oxygens (including phenoxy) is 1. The molecule has 2 heterocycles. The zero-order chi connectivity index (χ0) is 14.1. The van der Waals surface area contributed by atoms with Crippen LogP contribution in [0.5, 0.6) is 0 Å². The summed E-state index contributed by atoms with van der Waals surface area (Å²) < 4.78 is 6.24. The Bertz CT molecular complexity index is 524. The summed E-state index contributed by atoms with van der Waals surface area (Å²) in [5.41, 5.74) is 0. The SMILES string of the molecule is O=C(NC1CC1)C1COCCN1c1ncc(Cl)cc1Br. The van der Waals surface area contributed by atoms with Crippen LogP contribution in [-0.2, 0) is 9.53 Å². The van der Waals surface area contributed by atoms with E-state index in [4.69, 9.17) is 16.3 Å². The Morgan fingerprint density at radius 1 is 1.55 bits per heavy atom. The number of rotatable bonds is 3. The molecule has 1 N–H and O–H groups in total. The average molecular weight is 361 g/mol. The van der Waals surface area contributed by atoms with Gasteiger partial charge in [0.1, 0.15) is 11.9 Å². The largest absolute Gasteiger partial charge is 0.377 e. The van der Waals surface area contributed by atoms with Crippen molar-refractivity contribution in [3.8, 4) is 0 Å². The second kappa shape index (κ2) is 5.87. The summed E-state index contributed by atoms with van der Waals surface area (Å²) in [6, 6.07) is 1.79. The van der Waals surface area contributed by atoms with E-state index < -0.39 is 0 Å². The first-order valence-corrected chi connectivity index (χ1v) is 7.78. The number of anilines is 1. The van der Waals surface area contributed by atoms with Gasteiger partial charge < -0.3 is 15.0 Å². The van der Waals surface area contributed by atoms with Gasteiger partial charge in [-0.15, -0.1) is 0 Å². The lowest BCUT2D eigenvalue weighted by molar-refractivity contribution is -0.124. The zero-order valence-electron chi connectivity index (χ0n) is 10.8. The zero-order valence-corrected chi connectivity index (χ0v) is 13.2. The molecule has 1 saturated heterocycles. The number of carbonyl (C=O) groups excluding carboxylic acids is 1. The number of nitrogens with zero attached hydrogens (tertiary/aromatic N) is 2. The molecule has 1 aromatic rings. The maximum absolute atomic E-state index is 12.3. The summed E-state index contributed by atoms with van der Waals surface area (Å²) in [5.74, 6) is 0.740. The molecule has 1 atom stereocenters. The van der Waals surface area contributed by atoms with Gasteiger partial charge in [-0.25, -0.2) is 4.98 Å². The Morgan fingerprint density at radius 2 is 2.35 bits per heavy atom. The van der Waals surface area contributed by atoms with E-state index in [1.54, 1.807) is 12.3 Å². The molecule has 0 aromatic carbocycles. The van der Waals surface area contributed by atoms with E-state index >= 15 is 0 Å². The topological polar surface area (TPSA) is 54.5 Å². The molecule has 1 amide bonds. The second-order valence-electron chi connectivity index (χ2n) is 5.03. The van der Waals surface area contributed by atoms with Crippen molar-refractivity contribution in [1.82, 2.24) is 10.3 Å². The van der Waals surface area contributed by atoms with Crippen LogP contribution in [0.2, 0.25) is 5.02 Å². The molecule has 0 bridgehead atoms. The highest BCUT2D eigenvalue weighted by Crippen LogP contribution is 2.29. The van der Waals surface area contributed by atoms with Crippen LogP contribution in [0.4, 0.5) is 5.82 Å². The van der Waals surface area contributed by atoms with Crippen LogP contribution in [0.25, 0.3) is 0 Å². The first-order chi connectivity index (χ1) is 9.65. The number of aromatic nitrogens is 1. The minimum atomic E-state index is -0.339. The van der Waals surface area contributed by atoms with Crippen molar-refractivity contribution < 1.29 is 9.53 Å². The van der Waals surface area contributed by atoms with Gasteiger partial charge in [0.15, 0.2) is 0 Å². The molecule has 5 nitrogen and oxygen atoms in total. The molecule has 0 radical (unpaired) electrons. The lowest BCUT2D eigenvalue weighted by Gasteiger charge is -2.35. The summed E-state index contributed by atoms with van der Waals surface area (Å²) in [6.07, 6.45) is 3.73. The lowest BCUT2D eigenvalue weighted by Crippen LogP contribution is -2.54. The van der Waals surface area contributed by atoms with Gasteiger partial charge in [-0.1, -0.05) is 11.6 Å². The van der Waals surface area contributed by atoms with Gasteiger partial charge in [0.05, 0.1) is 22.7 Å². The summed E-state index contributed by atoms with van der Waals surface area (Å²) in [4.78, 5) is 18.6. The highest BCUT2D eigenvalue weighted by Gasteiger charge is 2.34. The van der Waals surface area contributed by atoms with Crippen molar-refractivity contribution in [2.24, 2.45) is 0 Å². The fraction of sp³-hybridized carbons (Fsp3) is 0.538. The molecule has 20 heavy (non-hydrogen) atoms. The Morgan fingerprint density at radius 3 is 3.05 bits per heavy atom. The van der Waals surface area contributed by atoms with E-state index in [9.17, 15) is 4.79 Å². The average Bonchev–Trinajstić information content (AvgIpc) is 3.23. The molecule has 7 heteroatoms. The van der Waals surface area contributed by atoms with E-state index in [1.807, 2.05) is 4.90 Å².